The first-order valence-electron chi connectivity index (χ1n) is 9.55. The van der Waals surface area contributed by atoms with Gasteiger partial charge in [0, 0.05) is 13.2 Å². The summed E-state index contributed by atoms with van der Waals surface area (Å²) in [5.74, 6) is 0. The van der Waals surface area contributed by atoms with E-state index in [0.29, 0.717) is 26.0 Å². The standard InChI is InChI=1S/C18H38O4P/c1-4-7-10-11-12-13-16-22-23(19)17-18(20-14-8-5-2)21-15-9-6-3/h18H,4-17H2,1-3H3/q+1. The molecule has 0 bridgehead atoms. The molecule has 1 unspecified atom stereocenters. The first-order valence-corrected chi connectivity index (χ1v) is 10.9. The Morgan fingerprint density at radius 3 is 1.78 bits per heavy atom. The highest BCUT2D eigenvalue weighted by atomic mass is 31.1. The number of hydrogen-bond acceptors (Lipinski definition) is 4. The van der Waals surface area contributed by atoms with Crippen LogP contribution in [0.1, 0.15) is 85.0 Å². The van der Waals surface area contributed by atoms with Crippen molar-refractivity contribution >= 4 is 8.03 Å². The van der Waals surface area contributed by atoms with Crippen molar-refractivity contribution in [1.29, 1.82) is 0 Å². The molecule has 5 heteroatoms. The van der Waals surface area contributed by atoms with Crippen LogP contribution in [0.5, 0.6) is 0 Å². The van der Waals surface area contributed by atoms with E-state index in [-0.39, 0.29) is 6.29 Å². The van der Waals surface area contributed by atoms with Crippen molar-refractivity contribution < 1.29 is 18.6 Å². The van der Waals surface area contributed by atoms with E-state index in [1.807, 2.05) is 0 Å². The van der Waals surface area contributed by atoms with Gasteiger partial charge < -0.3 is 9.47 Å². The summed E-state index contributed by atoms with van der Waals surface area (Å²) >= 11 is 0. The van der Waals surface area contributed by atoms with Crippen LogP contribution < -0.4 is 0 Å². The molecule has 4 nitrogen and oxygen atoms in total. The molecule has 0 amide bonds. The monoisotopic (exact) mass is 349 g/mol. The fourth-order valence-electron chi connectivity index (χ4n) is 2.09. The molecule has 0 fully saturated rings. The molecule has 0 aromatic carbocycles. The molecule has 23 heavy (non-hydrogen) atoms. The van der Waals surface area contributed by atoms with Crippen LogP contribution in [-0.4, -0.2) is 32.3 Å². The normalized spacial score (nSPS) is 12.1. The molecular formula is C18H38O4P+. The Morgan fingerprint density at radius 1 is 0.696 bits per heavy atom. The van der Waals surface area contributed by atoms with E-state index in [0.717, 1.165) is 38.5 Å². The van der Waals surface area contributed by atoms with Gasteiger partial charge in [-0.2, -0.15) is 0 Å². The van der Waals surface area contributed by atoms with Gasteiger partial charge in [0.05, 0.1) is 0 Å². The van der Waals surface area contributed by atoms with Crippen LogP contribution in [0.2, 0.25) is 0 Å². The quantitative estimate of drug-likeness (QED) is 0.171. The van der Waals surface area contributed by atoms with Crippen LogP contribution in [0.25, 0.3) is 0 Å². The molecule has 0 aliphatic heterocycles. The van der Waals surface area contributed by atoms with Crippen LogP contribution >= 0.6 is 8.03 Å². The van der Waals surface area contributed by atoms with Gasteiger partial charge in [-0.25, -0.2) is 0 Å². The summed E-state index contributed by atoms with van der Waals surface area (Å²) in [6.07, 6.45) is 11.4. The van der Waals surface area contributed by atoms with Gasteiger partial charge in [-0.3, -0.25) is 0 Å². The first-order chi connectivity index (χ1) is 11.2. The van der Waals surface area contributed by atoms with Gasteiger partial charge in [0.1, 0.15) is 6.61 Å². The molecule has 0 radical (unpaired) electrons. The molecule has 0 aromatic rings. The Kier molecular flexibility index (Phi) is 18.3. The maximum absolute atomic E-state index is 12.0. The maximum atomic E-state index is 12.0. The van der Waals surface area contributed by atoms with Crippen LogP contribution in [0.4, 0.5) is 0 Å². The summed E-state index contributed by atoms with van der Waals surface area (Å²) in [4.78, 5) is 0. The predicted molar refractivity (Wildman–Crippen MR) is 97.3 cm³/mol. The first kappa shape index (κ1) is 23.0. The van der Waals surface area contributed by atoms with Gasteiger partial charge in [0.15, 0.2) is 0 Å². The summed E-state index contributed by atoms with van der Waals surface area (Å²) in [6.45, 7) is 8.37. The fraction of sp³-hybridized carbons (Fsp3) is 1.00. The number of rotatable bonds is 18. The Labute approximate surface area is 144 Å². The smallest absolute Gasteiger partial charge is 0.349 e. The van der Waals surface area contributed by atoms with E-state index in [1.165, 1.54) is 25.7 Å². The average molecular weight is 349 g/mol. The zero-order valence-electron chi connectivity index (χ0n) is 15.6. The molecule has 0 N–H and O–H groups in total. The molecule has 0 aliphatic rings. The summed E-state index contributed by atoms with van der Waals surface area (Å²) in [6, 6.07) is 0. The van der Waals surface area contributed by atoms with E-state index in [9.17, 15) is 4.57 Å². The lowest BCUT2D eigenvalue weighted by atomic mass is 10.1. The minimum atomic E-state index is -1.69. The highest BCUT2D eigenvalue weighted by Crippen LogP contribution is 2.25. The van der Waals surface area contributed by atoms with Crippen molar-refractivity contribution in [3.05, 3.63) is 0 Å². The molecule has 0 aliphatic carbocycles. The highest BCUT2D eigenvalue weighted by Gasteiger charge is 2.26. The summed E-state index contributed by atoms with van der Waals surface area (Å²) in [5, 5.41) is 0. The van der Waals surface area contributed by atoms with Crippen LogP contribution in [-0.2, 0) is 18.6 Å². The zero-order chi connectivity index (χ0) is 17.2. The predicted octanol–water partition coefficient (Wildman–Crippen LogP) is 6.07. The minimum Gasteiger partial charge on any atom is -0.349 e. The second kappa shape index (κ2) is 18.3. The topological polar surface area (TPSA) is 44.8 Å². The molecule has 0 saturated heterocycles. The lowest BCUT2D eigenvalue weighted by molar-refractivity contribution is -0.129. The minimum absolute atomic E-state index is 0.346. The lowest BCUT2D eigenvalue weighted by Crippen LogP contribution is -2.21. The van der Waals surface area contributed by atoms with Crippen LogP contribution in [0.15, 0.2) is 0 Å². The summed E-state index contributed by atoms with van der Waals surface area (Å²) < 4.78 is 28.8. The summed E-state index contributed by atoms with van der Waals surface area (Å²) in [5.41, 5.74) is 0. The number of ether oxygens (including phenoxy) is 2. The van der Waals surface area contributed by atoms with Crippen LogP contribution in [0.3, 0.4) is 0 Å². The Bertz CT molecular complexity index is 251. The lowest BCUT2D eigenvalue weighted by Gasteiger charge is -2.14. The summed E-state index contributed by atoms with van der Waals surface area (Å²) in [7, 11) is -1.69. The van der Waals surface area contributed by atoms with Crippen molar-refractivity contribution in [2.24, 2.45) is 0 Å². The third-order valence-corrected chi connectivity index (χ3v) is 4.70. The molecule has 0 aromatic heterocycles. The third-order valence-electron chi connectivity index (χ3n) is 3.63. The molecule has 138 valence electrons. The van der Waals surface area contributed by atoms with E-state index in [1.54, 1.807) is 0 Å². The van der Waals surface area contributed by atoms with Crippen molar-refractivity contribution in [3.63, 3.8) is 0 Å². The maximum Gasteiger partial charge on any atom is 0.513 e. The average Bonchev–Trinajstić information content (AvgIpc) is 2.54. The Morgan fingerprint density at radius 2 is 1.22 bits per heavy atom. The fourth-order valence-corrected chi connectivity index (χ4v) is 2.99. The van der Waals surface area contributed by atoms with Gasteiger partial charge in [0.25, 0.3) is 0 Å². The van der Waals surface area contributed by atoms with E-state index < -0.39 is 8.03 Å². The van der Waals surface area contributed by atoms with Crippen LogP contribution in [0, 0.1) is 0 Å². The van der Waals surface area contributed by atoms with Gasteiger partial charge in [-0.1, -0.05) is 65.7 Å². The second-order valence-electron chi connectivity index (χ2n) is 5.99. The van der Waals surface area contributed by atoms with Crippen molar-refractivity contribution in [3.8, 4) is 0 Å². The van der Waals surface area contributed by atoms with Gasteiger partial charge in [-0.05, 0) is 23.8 Å². The van der Waals surface area contributed by atoms with Gasteiger partial charge >= 0.3 is 8.03 Å². The SMILES string of the molecule is CCCCCCCCO[P+](=O)CC(OCCCC)OCCCC. The molecule has 0 rings (SSSR count). The molecular weight excluding hydrogens is 311 g/mol. The van der Waals surface area contributed by atoms with E-state index in [4.69, 9.17) is 14.0 Å². The molecule has 0 saturated carbocycles. The van der Waals surface area contributed by atoms with Crippen molar-refractivity contribution in [2.75, 3.05) is 26.0 Å². The largest absolute Gasteiger partial charge is 0.513 e. The van der Waals surface area contributed by atoms with Gasteiger partial charge in [0.2, 0.25) is 12.5 Å². The second-order valence-corrected chi connectivity index (χ2v) is 7.28. The number of unbranched alkanes of at least 4 members (excludes halogenated alkanes) is 7. The molecule has 0 heterocycles. The Balaban J connectivity index is 3.78. The number of hydrogen-bond donors (Lipinski definition) is 0. The molecule has 1 atom stereocenters. The van der Waals surface area contributed by atoms with E-state index >= 15 is 0 Å². The third kappa shape index (κ3) is 16.6. The van der Waals surface area contributed by atoms with E-state index in [2.05, 4.69) is 20.8 Å². The van der Waals surface area contributed by atoms with Crippen molar-refractivity contribution in [1.82, 2.24) is 0 Å². The zero-order valence-corrected chi connectivity index (χ0v) is 16.5. The Hall–Kier alpha value is -0.0200. The van der Waals surface area contributed by atoms with Crippen molar-refractivity contribution in [2.45, 2.75) is 91.3 Å². The van der Waals surface area contributed by atoms with Gasteiger partial charge in [-0.15, -0.1) is 4.52 Å². The highest BCUT2D eigenvalue weighted by molar-refractivity contribution is 7.39. The molecule has 0 spiro atoms.